The summed E-state index contributed by atoms with van der Waals surface area (Å²) in [5, 5.41) is 0. The molecule has 0 unspecified atom stereocenters. The van der Waals surface area contributed by atoms with Crippen LogP contribution in [0.4, 0.5) is 0 Å². The van der Waals surface area contributed by atoms with E-state index in [1.807, 2.05) is 0 Å². The van der Waals surface area contributed by atoms with Crippen LogP contribution in [0.5, 0.6) is 0 Å². The van der Waals surface area contributed by atoms with E-state index in [1.165, 1.54) is 9.83 Å². The molecule has 0 bridgehead atoms. The van der Waals surface area contributed by atoms with Crippen LogP contribution >= 0.6 is 39.8 Å². The lowest BCUT2D eigenvalue weighted by Gasteiger charge is -2.16. The van der Waals surface area contributed by atoms with Gasteiger partial charge < -0.3 is 0 Å². The normalized spacial score (nSPS) is 24.5. The molecule has 0 N–H and O–H groups in total. The van der Waals surface area contributed by atoms with E-state index in [0.717, 1.165) is 22.1 Å². The van der Waals surface area contributed by atoms with Crippen LogP contribution in [0.15, 0.2) is 0 Å². The van der Waals surface area contributed by atoms with Crippen molar-refractivity contribution in [3.63, 3.8) is 0 Å². The molecule has 0 aromatic heterocycles. The Bertz CT molecular complexity index is 133. The maximum atomic E-state index is 11.1. The minimum atomic E-state index is -3.21. The Morgan fingerprint density at radius 3 is 2.60 bits per heavy atom. The molecule has 8 heteroatoms. The monoisotopic (exact) mass is 220 g/mol. The molecular formula is C2H5O4PS3. The van der Waals surface area contributed by atoms with Gasteiger partial charge in [0, 0.05) is 9.83 Å². The van der Waals surface area contributed by atoms with Gasteiger partial charge >= 0.3 is 7.82 Å². The van der Waals surface area contributed by atoms with E-state index in [1.54, 1.807) is 6.92 Å². The molecule has 0 aromatic carbocycles. The summed E-state index contributed by atoms with van der Waals surface area (Å²) < 4.78 is 25.2. The van der Waals surface area contributed by atoms with Gasteiger partial charge in [0.25, 0.3) is 0 Å². The molecule has 0 radical (unpaired) electrons. The average molecular weight is 220 g/mol. The van der Waals surface area contributed by atoms with Crippen molar-refractivity contribution in [3.05, 3.63) is 0 Å². The molecule has 0 amide bonds. The molecule has 0 aromatic rings. The van der Waals surface area contributed by atoms with Gasteiger partial charge in [0.05, 0.1) is 28.8 Å². The summed E-state index contributed by atoms with van der Waals surface area (Å²) in [6.45, 7) is 2.05. The summed E-state index contributed by atoms with van der Waals surface area (Å²) >= 11 is 2.02. The van der Waals surface area contributed by atoms with E-state index in [-0.39, 0.29) is 0 Å². The quantitative estimate of drug-likeness (QED) is 0.402. The number of hydrogen-bond acceptors (Lipinski definition) is 7. The second kappa shape index (κ2) is 4.25. The Kier molecular flexibility index (Phi) is 3.93. The van der Waals surface area contributed by atoms with E-state index in [0.29, 0.717) is 6.61 Å². The summed E-state index contributed by atoms with van der Waals surface area (Å²) in [6.07, 6.45) is 0. The highest BCUT2D eigenvalue weighted by Gasteiger charge is 2.32. The van der Waals surface area contributed by atoms with Crippen LogP contribution in [-0.2, 0) is 17.0 Å². The van der Waals surface area contributed by atoms with Gasteiger partial charge in [-0.15, -0.1) is 0 Å². The summed E-state index contributed by atoms with van der Waals surface area (Å²) in [6, 6.07) is 0. The molecule has 4 nitrogen and oxygen atoms in total. The molecule has 1 saturated heterocycles. The number of phosphoric acid groups is 1. The molecule has 0 spiro atoms. The first-order valence-corrected chi connectivity index (χ1v) is 7.19. The van der Waals surface area contributed by atoms with Crippen molar-refractivity contribution in [1.82, 2.24) is 0 Å². The summed E-state index contributed by atoms with van der Waals surface area (Å²) in [5.41, 5.74) is 0. The van der Waals surface area contributed by atoms with Crippen LogP contribution in [0, 0.1) is 0 Å². The molecule has 0 aliphatic carbocycles. The standard InChI is InChI=1S/C2H5O4PS3/c1-2-4-7(3)5-8-10-9-6-7/h2H2,1H3. The number of hydrogen-bond donors (Lipinski definition) is 0. The summed E-state index contributed by atoms with van der Waals surface area (Å²) in [7, 11) is -1.95. The molecule has 60 valence electrons. The van der Waals surface area contributed by atoms with Crippen molar-refractivity contribution < 1.29 is 17.0 Å². The molecule has 1 rings (SSSR count). The molecule has 0 saturated carbocycles. The van der Waals surface area contributed by atoms with Gasteiger partial charge in [0.15, 0.2) is 0 Å². The molecule has 1 aliphatic rings. The Morgan fingerprint density at radius 1 is 1.50 bits per heavy atom. The van der Waals surface area contributed by atoms with E-state index in [9.17, 15) is 4.57 Å². The zero-order valence-electron chi connectivity index (χ0n) is 5.01. The average Bonchev–Trinajstić information content (AvgIpc) is 1.89. The zero-order chi connectivity index (χ0) is 7.45. The molecule has 0 atom stereocenters. The van der Waals surface area contributed by atoms with Crippen molar-refractivity contribution >= 4 is 39.8 Å². The molecule has 1 heterocycles. The first kappa shape index (κ1) is 9.25. The van der Waals surface area contributed by atoms with Gasteiger partial charge in [-0.05, 0) is 6.92 Å². The fourth-order valence-corrected chi connectivity index (χ4v) is 5.53. The Morgan fingerprint density at radius 2 is 2.10 bits per heavy atom. The second-order valence-corrected chi connectivity index (χ2v) is 6.42. The SMILES string of the molecule is CCOP1(=O)OSSSO1. The summed E-state index contributed by atoms with van der Waals surface area (Å²) in [4.78, 5) is 0. The molecule has 1 aliphatic heterocycles. The van der Waals surface area contributed by atoms with Gasteiger partial charge in [-0.2, -0.15) is 0 Å². The first-order valence-electron chi connectivity index (χ1n) is 2.39. The van der Waals surface area contributed by atoms with Gasteiger partial charge in [-0.1, -0.05) is 0 Å². The van der Waals surface area contributed by atoms with Crippen LogP contribution in [-0.4, -0.2) is 6.61 Å². The largest absolute Gasteiger partial charge is 0.498 e. The lowest BCUT2D eigenvalue weighted by atomic mass is 10.9. The van der Waals surface area contributed by atoms with E-state index >= 15 is 0 Å². The van der Waals surface area contributed by atoms with Crippen LogP contribution in [0.1, 0.15) is 6.92 Å². The highest BCUT2D eigenvalue weighted by Crippen LogP contribution is 2.65. The Labute approximate surface area is 70.6 Å². The van der Waals surface area contributed by atoms with E-state index in [4.69, 9.17) is 4.52 Å². The van der Waals surface area contributed by atoms with Gasteiger partial charge in [0.1, 0.15) is 0 Å². The zero-order valence-corrected chi connectivity index (χ0v) is 8.36. The highest BCUT2D eigenvalue weighted by molar-refractivity contribution is 9.08. The molecular weight excluding hydrogens is 215 g/mol. The third-order valence-corrected chi connectivity index (χ3v) is 5.65. The van der Waals surface area contributed by atoms with Crippen molar-refractivity contribution in [2.24, 2.45) is 0 Å². The number of rotatable bonds is 2. The van der Waals surface area contributed by atoms with Gasteiger partial charge in [-0.3, -0.25) is 4.52 Å². The predicted octanol–water partition coefficient (Wildman–Crippen LogP) is 3.04. The molecule has 1 fully saturated rings. The smallest absolute Gasteiger partial charge is 0.286 e. The minimum absolute atomic E-state index is 0.322. The van der Waals surface area contributed by atoms with Crippen molar-refractivity contribution in [2.75, 3.05) is 6.61 Å². The summed E-state index contributed by atoms with van der Waals surface area (Å²) in [5.74, 6) is 0. The van der Waals surface area contributed by atoms with Gasteiger partial charge in [-0.25, -0.2) is 12.5 Å². The lowest BCUT2D eigenvalue weighted by molar-refractivity contribution is 0.239. The maximum Gasteiger partial charge on any atom is 0.498 e. The molecule has 10 heavy (non-hydrogen) atoms. The fourth-order valence-electron chi connectivity index (χ4n) is 0.324. The van der Waals surface area contributed by atoms with Crippen LogP contribution in [0.25, 0.3) is 0 Å². The third-order valence-electron chi connectivity index (χ3n) is 0.586. The topological polar surface area (TPSA) is 44.8 Å². The van der Waals surface area contributed by atoms with Gasteiger partial charge in [0.2, 0.25) is 0 Å². The van der Waals surface area contributed by atoms with Crippen LogP contribution in [0.3, 0.4) is 0 Å². The predicted molar refractivity (Wildman–Crippen MR) is 44.2 cm³/mol. The van der Waals surface area contributed by atoms with E-state index in [2.05, 4.69) is 7.94 Å². The minimum Gasteiger partial charge on any atom is -0.286 e. The van der Waals surface area contributed by atoms with Crippen molar-refractivity contribution in [1.29, 1.82) is 0 Å². The van der Waals surface area contributed by atoms with Crippen molar-refractivity contribution in [3.8, 4) is 0 Å². The van der Waals surface area contributed by atoms with Crippen LogP contribution < -0.4 is 0 Å². The maximum absolute atomic E-state index is 11.1. The third kappa shape index (κ3) is 2.65. The Balaban J connectivity index is 2.41. The second-order valence-electron chi connectivity index (χ2n) is 1.22. The van der Waals surface area contributed by atoms with Crippen molar-refractivity contribution in [2.45, 2.75) is 6.92 Å². The Hall–Kier alpha value is 1.16. The first-order chi connectivity index (χ1) is 4.77. The van der Waals surface area contributed by atoms with E-state index < -0.39 is 7.82 Å². The lowest BCUT2D eigenvalue weighted by Crippen LogP contribution is -1.92. The van der Waals surface area contributed by atoms with Crippen LogP contribution in [0.2, 0.25) is 0 Å². The highest BCUT2D eigenvalue weighted by atomic mass is 33.5. The fraction of sp³-hybridized carbons (Fsp3) is 1.00.